The smallest absolute Gasteiger partial charge is 0.259 e. The molecule has 0 fully saturated rings. The van der Waals surface area contributed by atoms with Crippen LogP contribution < -0.4 is 15.8 Å². The Kier molecular flexibility index (Phi) is 4.79. The molecule has 1 heterocycles. The normalized spacial score (nSPS) is 10.3. The SMILES string of the molecule is CCc1occc1C(=O)Nc1ccc(OCCN)cc1. The van der Waals surface area contributed by atoms with Gasteiger partial charge < -0.3 is 20.2 Å². The van der Waals surface area contributed by atoms with Gasteiger partial charge in [-0.05, 0) is 30.3 Å². The van der Waals surface area contributed by atoms with E-state index in [-0.39, 0.29) is 5.91 Å². The van der Waals surface area contributed by atoms with Crippen LogP contribution >= 0.6 is 0 Å². The molecule has 0 aliphatic rings. The molecule has 0 saturated carbocycles. The zero-order valence-electron chi connectivity index (χ0n) is 11.4. The first-order valence-electron chi connectivity index (χ1n) is 6.55. The Bertz CT molecular complexity index is 561. The summed E-state index contributed by atoms with van der Waals surface area (Å²) in [7, 11) is 0. The number of nitrogens with two attached hydrogens (primary N) is 1. The second-order valence-electron chi connectivity index (χ2n) is 4.23. The van der Waals surface area contributed by atoms with Gasteiger partial charge in [-0.25, -0.2) is 0 Å². The van der Waals surface area contributed by atoms with Crippen LogP contribution in [0.15, 0.2) is 41.0 Å². The lowest BCUT2D eigenvalue weighted by Crippen LogP contribution is -2.13. The monoisotopic (exact) mass is 274 g/mol. The third kappa shape index (κ3) is 3.39. The maximum atomic E-state index is 12.1. The molecule has 20 heavy (non-hydrogen) atoms. The Morgan fingerprint density at radius 2 is 2.05 bits per heavy atom. The number of hydrogen-bond acceptors (Lipinski definition) is 4. The van der Waals surface area contributed by atoms with E-state index >= 15 is 0 Å². The van der Waals surface area contributed by atoms with E-state index in [2.05, 4.69) is 5.32 Å². The summed E-state index contributed by atoms with van der Waals surface area (Å²) in [4.78, 5) is 12.1. The van der Waals surface area contributed by atoms with Crippen molar-refractivity contribution in [1.82, 2.24) is 0 Å². The van der Waals surface area contributed by atoms with Crippen LogP contribution in [-0.4, -0.2) is 19.1 Å². The molecule has 1 amide bonds. The largest absolute Gasteiger partial charge is 0.492 e. The summed E-state index contributed by atoms with van der Waals surface area (Å²) < 4.78 is 10.6. The van der Waals surface area contributed by atoms with Crippen molar-refractivity contribution >= 4 is 11.6 Å². The first kappa shape index (κ1) is 14.1. The Morgan fingerprint density at radius 1 is 1.30 bits per heavy atom. The number of anilines is 1. The number of furan rings is 1. The van der Waals surface area contributed by atoms with E-state index in [1.54, 1.807) is 30.3 Å². The van der Waals surface area contributed by atoms with Crippen molar-refractivity contribution in [3.8, 4) is 5.75 Å². The molecule has 2 rings (SSSR count). The number of carbonyl (C=O) groups excluding carboxylic acids is 1. The Balaban J connectivity index is 2.01. The van der Waals surface area contributed by atoms with Gasteiger partial charge in [0.15, 0.2) is 0 Å². The quantitative estimate of drug-likeness (QED) is 0.848. The molecule has 0 atom stereocenters. The van der Waals surface area contributed by atoms with Gasteiger partial charge in [0.05, 0.1) is 11.8 Å². The summed E-state index contributed by atoms with van der Waals surface area (Å²) in [6.45, 7) is 2.89. The number of nitrogens with one attached hydrogen (secondary N) is 1. The van der Waals surface area contributed by atoms with Gasteiger partial charge >= 0.3 is 0 Å². The average molecular weight is 274 g/mol. The Morgan fingerprint density at radius 3 is 2.70 bits per heavy atom. The van der Waals surface area contributed by atoms with E-state index in [0.29, 0.717) is 36.6 Å². The molecule has 0 saturated heterocycles. The molecular weight excluding hydrogens is 256 g/mol. The highest BCUT2D eigenvalue weighted by molar-refractivity contribution is 6.04. The van der Waals surface area contributed by atoms with Crippen LogP contribution in [0.3, 0.4) is 0 Å². The minimum absolute atomic E-state index is 0.175. The molecule has 0 aliphatic heterocycles. The predicted molar refractivity (Wildman–Crippen MR) is 77.0 cm³/mol. The third-order valence-electron chi connectivity index (χ3n) is 2.81. The fourth-order valence-corrected chi connectivity index (χ4v) is 1.83. The molecule has 0 unspecified atom stereocenters. The van der Waals surface area contributed by atoms with Crippen molar-refractivity contribution in [3.05, 3.63) is 47.9 Å². The van der Waals surface area contributed by atoms with Gasteiger partial charge in [-0.3, -0.25) is 4.79 Å². The molecule has 5 nitrogen and oxygen atoms in total. The van der Waals surface area contributed by atoms with Crippen LogP contribution in [0.5, 0.6) is 5.75 Å². The number of rotatable bonds is 6. The topological polar surface area (TPSA) is 77.5 Å². The number of amides is 1. The van der Waals surface area contributed by atoms with Gasteiger partial charge in [0.1, 0.15) is 18.1 Å². The van der Waals surface area contributed by atoms with Crippen molar-refractivity contribution in [2.75, 3.05) is 18.5 Å². The van der Waals surface area contributed by atoms with Crippen molar-refractivity contribution in [1.29, 1.82) is 0 Å². The van der Waals surface area contributed by atoms with Crippen LogP contribution in [0.25, 0.3) is 0 Å². The minimum Gasteiger partial charge on any atom is -0.492 e. The number of aryl methyl sites for hydroxylation is 1. The fourth-order valence-electron chi connectivity index (χ4n) is 1.83. The van der Waals surface area contributed by atoms with E-state index in [4.69, 9.17) is 14.9 Å². The van der Waals surface area contributed by atoms with E-state index in [0.717, 1.165) is 5.75 Å². The molecule has 1 aromatic carbocycles. The van der Waals surface area contributed by atoms with Crippen LogP contribution in [-0.2, 0) is 6.42 Å². The molecule has 1 aromatic heterocycles. The average Bonchev–Trinajstić information content (AvgIpc) is 2.95. The standard InChI is InChI=1S/C15H18N2O3/c1-2-14-13(7-9-20-14)15(18)17-11-3-5-12(6-4-11)19-10-8-16/h3-7,9H,2,8,10,16H2,1H3,(H,17,18). The Labute approximate surface area is 117 Å². The molecule has 0 bridgehead atoms. The van der Waals surface area contributed by atoms with Crippen LogP contribution in [0.2, 0.25) is 0 Å². The molecule has 3 N–H and O–H groups in total. The van der Waals surface area contributed by atoms with Crippen molar-refractivity contribution in [3.63, 3.8) is 0 Å². The van der Waals surface area contributed by atoms with Crippen LogP contribution in [0.1, 0.15) is 23.0 Å². The highest BCUT2D eigenvalue weighted by Gasteiger charge is 2.13. The predicted octanol–water partition coefficient (Wildman–Crippen LogP) is 2.43. The maximum absolute atomic E-state index is 12.1. The van der Waals surface area contributed by atoms with Crippen LogP contribution in [0.4, 0.5) is 5.69 Å². The number of hydrogen-bond donors (Lipinski definition) is 2. The van der Waals surface area contributed by atoms with Gasteiger partial charge in [0, 0.05) is 18.7 Å². The summed E-state index contributed by atoms with van der Waals surface area (Å²) >= 11 is 0. The summed E-state index contributed by atoms with van der Waals surface area (Å²) in [5, 5.41) is 2.82. The molecule has 0 radical (unpaired) electrons. The molecular formula is C15H18N2O3. The zero-order chi connectivity index (χ0) is 14.4. The van der Waals surface area contributed by atoms with Gasteiger partial charge in [-0.1, -0.05) is 6.92 Å². The number of ether oxygens (including phenoxy) is 1. The van der Waals surface area contributed by atoms with E-state index < -0.39 is 0 Å². The second kappa shape index (κ2) is 6.77. The first-order chi connectivity index (χ1) is 9.74. The lowest BCUT2D eigenvalue weighted by molar-refractivity contribution is 0.102. The molecule has 5 heteroatoms. The van der Waals surface area contributed by atoms with E-state index in [1.165, 1.54) is 6.26 Å². The number of carbonyl (C=O) groups is 1. The van der Waals surface area contributed by atoms with Crippen molar-refractivity contribution in [2.45, 2.75) is 13.3 Å². The van der Waals surface area contributed by atoms with Crippen molar-refractivity contribution < 1.29 is 13.9 Å². The summed E-state index contributed by atoms with van der Waals surface area (Å²) in [5.41, 5.74) is 6.64. The lowest BCUT2D eigenvalue weighted by Gasteiger charge is -2.07. The first-order valence-corrected chi connectivity index (χ1v) is 6.55. The zero-order valence-corrected chi connectivity index (χ0v) is 11.4. The highest BCUT2D eigenvalue weighted by atomic mass is 16.5. The highest BCUT2D eigenvalue weighted by Crippen LogP contribution is 2.18. The van der Waals surface area contributed by atoms with Gasteiger partial charge in [-0.2, -0.15) is 0 Å². The summed E-state index contributed by atoms with van der Waals surface area (Å²) in [5.74, 6) is 1.24. The van der Waals surface area contributed by atoms with Gasteiger partial charge in [0.2, 0.25) is 0 Å². The third-order valence-corrected chi connectivity index (χ3v) is 2.81. The molecule has 2 aromatic rings. The van der Waals surface area contributed by atoms with E-state index in [1.807, 2.05) is 6.92 Å². The molecule has 106 valence electrons. The maximum Gasteiger partial charge on any atom is 0.259 e. The molecule has 0 spiro atoms. The minimum atomic E-state index is -0.175. The summed E-state index contributed by atoms with van der Waals surface area (Å²) in [6, 6.07) is 8.83. The van der Waals surface area contributed by atoms with Gasteiger partial charge in [0.25, 0.3) is 5.91 Å². The van der Waals surface area contributed by atoms with Gasteiger partial charge in [-0.15, -0.1) is 0 Å². The fraction of sp³-hybridized carbons (Fsp3) is 0.267. The lowest BCUT2D eigenvalue weighted by atomic mass is 10.2. The molecule has 0 aliphatic carbocycles. The van der Waals surface area contributed by atoms with Crippen molar-refractivity contribution in [2.24, 2.45) is 5.73 Å². The second-order valence-corrected chi connectivity index (χ2v) is 4.23. The summed E-state index contributed by atoms with van der Waals surface area (Å²) in [6.07, 6.45) is 2.21. The Hall–Kier alpha value is -2.27. The van der Waals surface area contributed by atoms with E-state index in [9.17, 15) is 4.79 Å². The van der Waals surface area contributed by atoms with Crippen LogP contribution in [0, 0.1) is 0 Å². The number of benzene rings is 1.